The van der Waals surface area contributed by atoms with Gasteiger partial charge in [-0.25, -0.2) is 0 Å². The van der Waals surface area contributed by atoms with Crippen LogP contribution >= 0.6 is 24.8 Å². The molecule has 2 fully saturated rings. The van der Waals surface area contributed by atoms with Crippen LogP contribution in [0.15, 0.2) is 24.3 Å². The third-order valence-corrected chi connectivity index (χ3v) is 4.74. The van der Waals surface area contributed by atoms with Crippen molar-refractivity contribution in [2.45, 2.75) is 31.7 Å². The van der Waals surface area contributed by atoms with E-state index in [1.165, 1.54) is 0 Å². The maximum Gasteiger partial charge on any atom is 0.242 e. The lowest BCUT2D eigenvalue weighted by atomic mass is 9.76. The summed E-state index contributed by atoms with van der Waals surface area (Å²) in [6.07, 6.45) is 2.74. The number of carbonyl (C=O) groups is 1. The highest BCUT2D eigenvalue weighted by atomic mass is 35.5. The molecule has 2 N–H and O–H groups in total. The first kappa shape index (κ1) is 20.9. The van der Waals surface area contributed by atoms with Gasteiger partial charge in [-0.15, -0.1) is 24.8 Å². The van der Waals surface area contributed by atoms with E-state index < -0.39 is 5.54 Å². The monoisotopic (exact) mass is 375 g/mol. The Morgan fingerprint density at radius 2 is 1.79 bits per heavy atom. The first-order chi connectivity index (χ1) is 10.6. The molecule has 5 nitrogen and oxygen atoms in total. The molecule has 24 heavy (non-hydrogen) atoms. The van der Waals surface area contributed by atoms with Gasteiger partial charge in [0.2, 0.25) is 5.91 Å². The van der Waals surface area contributed by atoms with Gasteiger partial charge in [0.1, 0.15) is 5.75 Å². The Morgan fingerprint density at radius 1 is 1.17 bits per heavy atom. The van der Waals surface area contributed by atoms with Crippen LogP contribution in [0.1, 0.15) is 26.2 Å². The molecule has 2 aliphatic rings. The molecular formula is C17H27Cl2N3O2. The molecule has 1 heterocycles. The van der Waals surface area contributed by atoms with Crippen LogP contribution in [0.2, 0.25) is 0 Å². The van der Waals surface area contributed by atoms with Gasteiger partial charge in [0, 0.05) is 26.2 Å². The number of carbonyl (C=O) groups excluding carboxylic acids is 1. The van der Waals surface area contributed by atoms with Crippen LogP contribution in [-0.2, 0) is 4.79 Å². The Balaban J connectivity index is 0.00000144. The van der Waals surface area contributed by atoms with Gasteiger partial charge >= 0.3 is 0 Å². The SMILES string of the molecule is CCOc1ccccc1N1CCN(C(=O)C2(N)CCC2)CC1.Cl.Cl. The van der Waals surface area contributed by atoms with Crippen molar-refractivity contribution in [2.75, 3.05) is 37.7 Å². The fourth-order valence-electron chi connectivity index (χ4n) is 3.23. The molecule has 0 bridgehead atoms. The quantitative estimate of drug-likeness (QED) is 0.877. The molecule has 1 aromatic carbocycles. The van der Waals surface area contributed by atoms with Crippen LogP contribution in [-0.4, -0.2) is 49.1 Å². The Morgan fingerprint density at radius 3 is 2.33 bits per heavy atom. The normalized spacial score (nSPS) is 18.8. The number of halogens is 2. The van der Waals surface area contributed by atoms with Crippen molar-refractivity contribution >= 4 is 36.4 Å². The highest BCUT2D eigenvalue weighted by Gasteiger charge is 2.43. The van der Waals surface area contributed by atoms with Crippen LogP contribution in [0.25, 0.3) is 0 Å². The average molecular weight is 376 g/mol. The molecule has 0 unspecified atom stereocenters. The molecule has 0 aromatic heterocycles. The summed E-state index contributed by atoms with van der Waals surface area (Å²) in [6, 6.07) is 8.10. The van der Waals surface area contributed by atoms with E-state index in [4.69, 9.17) is 10.5 Å². The fourth-order valence-corrected chi connectivity index (χ4v) is 3.23. The Labute approximate surface area is 156 Å². The van der Waals surface area contributed by atoms with Crippen LogP contribution < -0.4 is 15.4 Å². The van der Waals surface area contributed by atoms with Gasteiger partial charge in [0.05, 0.1) is 17.8 Å². The van der Waals surface area contributed by atoms with Gasteiger partial charge in [0.25, 0.3) is 0 Å². The largest absolute Gasteiger partial charge is 0.492 e. The molecule has 1 aliphatic carbocycles. The second-order valence-corrected chi connectivity index (χ2v) is 6.19. The molecule has 7 heteroatoms. The zero-order valence-electron chi connectivity index (χ0n) is 14.1. The average Bonchev–Trinajstić information content (AvgIpc) is 2.53. The summed E-state index contributed by atoms with van der Waals surface area (Å²) in [6.45, 7) is 5.77. The van der Waals surface area contributed by atoms with Crippen LogP contribution in [0.4, 0.5) is 5.69 Å². The minimum atomic E-state index is -0.578. The molecule has 0 atom stereocenters. The van der Waals surface area contributed by atoms with Gasteiger partial charge in [-0.3, -0.25) is 4.79 Å². The fraction of sp³-hybridized carbons (Fsp3) is 0.588. The first-order valence-electron chi connectivity index (χ1n) is 8.19. The summed E-state index contributed by atoms with van der Waals surface area (Å²) in [5.41, 5.74) is 6.70. The number of nitrogens with two attached hydrogens (primary N) is 1. The number of ether oxygens (including phenoxy) is 1. The summed E-state index contributed by atoms with van der Waals surface area (Å²) in [4.78, 5) is 16.7. The summed E-state index contributed by atoms with van der Waals surface area (Å²) < 4.78 is 5.70. The predicted octanol–water partition coefficient (Wildman–Crippen LogP) is 2.46. The number of piperazine rings is 1. The van der Waals surface area contributed by atoms with Gasteiger partial charge in [-0.2, -0.15) is 0 Å². The van der Waals surface area contributed by atoms with E-state index in [-0.39, 0.29) is 30.7 Å². The topological polar surface area (TPSA) is 58.8 Å². The Kier molecular flexibility index (Phi) is 7.64. The van der Waals surface area contributed by atoms with Crippen molar-refractivity contribution in [3.05, 3.63) is 24.3 Å². The van der Waals surface area contributed by atoms with Gasteiger partial charge in [-0.05, 0) is 38.3 Å². The molecule has 1 saturated heterocycles. The third-order valence-electron chi connectivity index (χ3n) is 4.74. The van der Waals surface area contributed by atoms with Crippen molar-refractivity contribution in [3.63, 3.8) is 0 Å². The molecule has 1 aromatic rings. The van der Waals surface area contributed by atoms with Crippen molar-refractivity contribution in [2.24, 2.45) is 5.73 Å². The molecular weight excluding hydrogens is 349 g/mol. The lowest BCUT2D eigenvalue weighted by molar-refractivity contribution is -0.140. The molecule has 1 aliphatic heterocycles. The smallest absolute Gasteiger partial charge is 0.242 e. The molecule has 3 rings (SSSR count). The van der Waals surface area contributed by atoms with Gasteiger partial charge in [-0.1, -0.05) is 12.1 Å². The lowest BCUT2D eigenvalue weighted by Crippen LogP contribution is -2.62. The summed E-state index contributed by atoms with van der Waals surface area (Å²) >= 11 is 0. The van der Waals surface area contributed by atoms with E-state index in [1.54, 1.807) is 0 Å². The van der Waals surface area contributed by atoms with Crippen molar-refractivity contribution < 1.29 is 9.53 Å². The number of para-hydroxylation sites is 2. The van der Waals surface area contributed by atoms with E-state index in [9.17, 15) is 4.79 Å². The standard InChI is InChI=1S/C17H25N3O2.2ClH/c1-2-22-15-7-4-3-6-14(15)19-10-12-20(13-11-19)16(21)17(18)8-5-9-17;;/h3-4,6-7H,2,5,8-13,18H2,1H3;2*1H. The van der Waals surface area contributed by atoms with Crippen molar-refractivity contribution in [3.8, 4) is 5.75 Å². The molecule has 1 saturated carbocycles. The zero-order valence-corrected chi connectivity index (χ0v) is 15.7. The van der Waals surface area contributed by atoms with Crippen LogP contribution in [0.5, 0.6) is 5.75 Å². The van der Waals surface area contributed by atoms with E-state index in [0.29, 0.717) is 6.61 Å². The second-order valence-electron chi connectivity index (χ2n) is 6.19. The van der Waals surface area contributed by atoms with E-state index in [2.05, 4.69) is 11.0 Å². The number of benzene rings is 1. The lowest BCUT2D eigenvalue weighted by Gasteiger charge is -2.44. The number of hydrogen-bond acceptors (Lipinski definition) is 4. The molecule has 1 amide bonds. The highest BCUT2D eigenvalue weighted by Crippen LogP contribution is 2.32. The second kappa shape index (κ2) is 8.79. The summed E-state index contributed by atoms with van der Waals surface area (Å²) in [7, 11) is 0. The van der Waals surface area contributed by atoms with Crippen molar-refractivity contribution in [1.82, 2.24) is 4.90 Å². The predicted molar refractivity (Wildman–Crippen MR) is 102 cm³/mol. The summed E-state index contributed by atoms with van der Waals surface area (Å²) in [5, 5.41) is 0. The third kappa shape index (κ3) is 4.08. The van der Waals surface area contributed by atoms with E-state index in [0.717, 1.165) is 56.9 Å². The Bertz CT molecular complexity index is 544. The maximum absolute atomic E-state index is 12.5. The Hall–Kier alpha value is -1.17. The number of nitrogens with zero attached hydrogens (tertiary/aromatic N) is 2. The zero-order chi connectivity index (χ0) is 15.6. The number of hydrogen-bond donors (Lipinski definition) is 1. The van der Waals surface area contributed by atoms with Gasteiger partial charge < -0.3 is 20.3 Å². The van der Waals surface area contributed by atoms with E-state index >= 15 is 0 Å². The first-order valence-corrected chi connectivity index (χ1v) is 8.19. The molecule has 136 valence electrons. The minimum Gasteiger partial charge on any atom is -0.492 e. The number of anilines is 1. The maximum atomic E-state index is 12.5. The highest BCUT2D eigenvalue weighted by molar-refractivity contribution is 5.87. The molecule has 0 radical (unpaired) electrons. The van der Waals surface area contributed by atoms with Crippen molar-refractivity contribution in [1.29, 1.82) is 0 Å². The number of amides is 1. The number of rotatable bonds is 4. The van der Waals surface area contributed by atoms with Crippen LogP contribution in [0, 0.1) is 0 Å². The van der Waals surface area contributed by atoms with Gasteiger partial charge in [0.15, 0.2) is 0 Å². The summed E-state index contributed by atoms with van der Waals surface area (Å²) in [5.74, 6) is 1.05. The van der Waals surface area contributed by atoms with Crippen LogP contribution in [0.3, 0.4) is 0 Å². The van der Waals surface area contributed by atoms with E-state index in [1.807, 2.05) is 30.0 Å². The minimum absolute atomic E-state index is 0. The molecule has 0 spiro atoms.